The summed E-state index contributed by atoms with van der Waals surface area (Å²) in [6, 6.07) is 20.3. The van der Waals surface area contributed by atoms with Crippen LogP contribution in [0.2, 0.25) is 0 Å². The molecule has 0 spiro atoms. The van der Waals surface area contributed by atoms with Gasteiger partial charge in [0.2, 0.25) is 11.5 Å². The van der Waals surface area contributed by atoms with Crippen molar-refractivity contribution in [2.45, 2.75) is 13.5 Å². The molecule has 0 N–H and O–H groups in total. The summed E-state index contributed by atoms with van der Waals surface area (Å²) in [5.74, 6) is 0.586. The number of aromatic nitrogens is 2. The zero-order valence-corrected chi connectivity index (χ0v) is 21.0. The Labute approximate surface area is 215 Å². The predicted octanol–water partition coefficient (Wildman–Crippen LogP) is 4.72. The van der Waals surface area contributed by atoms with Crippen molar-refractivity contribution in [3.05, 3.63) is 100 Å². The van der Waals surface area contributed by atoms with E-state index < -0.39 is 0 Å². The minimum absolute atomic E-state index is 0.0468. The fourth-order valence-electron chi connectivity index (χ4n) is 4.84. The van der Waals surface area contributed by atoms with Crippen molar-refractivity contribution in [3.63, 3.8) is 0 Å². The Hall–Kier alpha value is -4.23. The molecular weight excluding hydrogens is 464 g/mol. The van der Waals surface area contributed by atoms with Crippen molar-refractivity contribution < 1.29 is 9.47 Å². The lowest BCUT2D eigenvalue weighted by Gasteiger charge is -2.31. The Balaban J connectivity index is 1.29. The molecule has 2 aromatic heterocycles. The van der Waals surface area contributed by atoms with Crippen LogP contribution in [0.15, 0.2) is 82.8 Å². The van der Waals surface area contributed by atoms with Crippen molar-refractivity contribution in [1.82, 2.24) is 9.55 Å². The number of nitrogens with zero attached hydrogens (tertiary/aromatic N) is 4. The van der Waals surface area contributed by atoms with E-state index in [4.69, 9.17) is 14.5 Å². The summed E-state index contributed by atoms with van der Waals surface area (Å²) >= 11 is 0. The van der Waals surface area contributed by atoms with Crippen LogP contribution in [0.4, 0.5) is 5.69 Å². The average molecular weight is 493 g/mol. The van der Waals surface area contributed by atoms with E-state index in [9.17, 15) is 4.79 Å². The SMILES string of the molecule is Cc1cc2ccccc2nc1-c1ccc(COC2=NC=C2c2ccc(=O)n(C)c2)c(N2CCOCC2)c1. The molecule has 4 heterocycles. The van der Waals surface area contributed by atoms with Crippen molar-refractivity contribution >= 4 is 28.1 Å². The van der Waals surface area contributed by atoms with Gasteiger partial charge in [-0.15, -0.1) is 0 Å². The first-order valence-corrected chi connectivity index (χ1v) is 12.5. The molecule has 1 saturated heterocycles. The summed E-state index contributed by atoms with van der Waals surface area (Å²) in [5.41, 5.74) is 8.18. The number of aryl methyl sites for hydroxylation is 2. The molecule has 2 aliphatic rings. The molecule has 1 fully saturated rings. The topological polar surface area (TPSA) is 69.0 Å². The first kappa shape index (κ1) is 23.2. The van der Waals surface area contributed by atoms with Crippen molar-refractivity contribution in [2.75, 3.05) is 31.2 Å². The minimum atomic E-state index is -0.0468. The van der Waals surface area contributed by atoms with Crippen LogP contribution in [-0.2, 0) is 23.1 Å². The lowest BCUT2D eigenvalue weighted by molar-refractivity contribution is 0.122. The lowest BCUT2D eigenvalue weighted by atomic mass is 10.0. The Bertz CT molecular complexity index is 1610. The van der Waals surface area contributed by atoms with Gasteiger partial charge in [-0.05, 0) is 36.8 Å². The normalized spacial score (nSPS) is 15.2. The summed E-state index contributed by atoms with van der Waals surface area (Å²) in [6.07, 6.45) is 3.58. The Morgan fingerprint density at radius 2 is 1.81 bits per heavy atom. The van der Waals surface area contributed by atoms with E-state index in [1.807, 2.05) is 12.1 Å². The zero-order chi connectivity index (χ0) is 25.4. The van der Waals surface area contributed by atoms with Crippen LogP contribution in [-0.4, -0.2) is 41.8 Å². The molecule has 186 valence electrons. The van der Waals surface area contributed by atoms with Gasteiger partial charge in [-0.2, -0.15) is 0 Å². The van der Waals surface area contributed by atoms with Crippen molar-refractivity contribution in [1.29, 1.82) is 0 Å². The highest BCUT2D eigenvalue weighted by Gasteiger charge is 2.21. The Morgan fingerprint density at radius 3 is 2.59 bits per heavy atom. The summed E-state index contributed by atoms with van der Waals surface area (Å²) in [6.45, 7) is 5.55. The second-order valence-electron chi connectivity index (χ2n) is 9.42. The molecule has 2 aliphatic heterocycles. The van der Waals surface area contributed by atoms with Crippen LogP contribution >= 0.6 is 0 Å². The molecule has 2 aromatic carbocycles. The molecule has 0 amide bonds. The van der Waals surface area contributed by atoms with Crippen LogP contribution in [0.5, 0.6) is 0 Å². The van der Waals surface area contributed by atoms with Gasteiger partial charge in [0, 0.05) is 66.4 Å². The number of hydrogen-bond donors (Lipinski definition) is 0. The highest BCUT2D eigenvalue weighted by molar-refractivity contribution is 6.23. The highest BCUT2D eigenvalue weighted by atomic mass is 16.5. The first-order valence-electron chi connectivity index (χ1n) is 12.5. The molecular formula is C30H28N4O3. The first-order chi connectivity index (χ1) is 18.1. The maximum absolute atomic E-state index is 11.8. The number of para-hydroxylation sites is 1. The van der Waals surface area contributed by atoms with Crippen LogP contribution < -0.4 is 10.5 Å². The quantitative estimate of drug-likeness (QED) is 0.403. The third-order valence-electron chi connectivity index (χ3n) is 6.93. The summed E-state index contributed by atoms with van der Waals surface area (Å²) in [4.78, 5) is 23.4. The predicted molar refractivity (Wildman–Crippen MR) is 147 cm³/mol. The van der Waals surface area contributed by atoms with E-state index in [1.54, 1.807) is 36.1 Å². The van der Waals surface area contributed by atoms with E-state index >= 15 is 0 Å². The minimum Gasteiger partial charge on any atom is -0.472 e. The fraction of sp³-hybridized carbons (Fsp3) is 0.233. The van der Waals surface area contributed by atoms with Crippen molar-refractivity contribution in [2.24, 2.45) is 12.0 Å². The average Bonchev–Trinajstić information content (AvgIpc) is 2.90. The maximum Gasteiger partial charge on any atom is 0.250 e. The molecule has 0 unspecified atom stereocenters. The summed E-state index contributed by atoms with van der Waals surface area (Å²) < 4.78 is 13.4. The number of anilines is 1. The van der Waals surface area contributed by atoms with Gasteiger partial charge in [-0.3, -0.25) is 4.79 Å². The highest BCUT2D eigenvalue weighted by Crippen LogP contribution is 2.32. The van der Waals surface area contributed by atoms with Gasteiger partial charge < -0.3 is 18.9 Å². The molecule has 6 rings (SSSR count). The van der Waals surface area contributed by atoms with Crippen molar-refractivity contribution in [3.8, 4) is 11.3 Å². The molecule has 0 bridgehead atoms. The Morgan fingerprint density at radius 1 is 1.00 bits per heavy atom. The van der Waals surface area contributed by atoms with Crippen LogP contribution in [0, 0.1) is 6.92 Å². The van der Waals surface area contributed by atoms with Crippen LogP contribution in [0.25, 0.3) is 27.7 Å². The standard InChI is InChI=1S/C30H28N4O3/c1-20-15-21-5-3-4-6-26(21)32-29(20)22-7-8-24(27(16-22)34-11-13-36-14-12-34)19-37-30-25(17-31-30)23-9-10-28(35)33(2)18-23/h3-10,15-18H,11-14,19H2,1-2H3. The summed E-state index contributed by atoms with van der Waals surface area (Å²) in [5, 5.41) is 1.14. The smallest absolute Gasteiger partial charge is 0.250 e. The number of pyridine rings is 2. The molecule has 37 heavy (non-hydrogen) atoms. The van der Waals surface area contributed by atoms with Gasteiger partial charge in [0.1, 0.15) is 6.61 Å². The number of hydrogen-bond acceptors (Lipinski definition) is 6. The second kappa shape index (κ2) is 9.67. The van der Waals surface area contributed by atoms with Gasteiger partial charge in [0.25, 0.3) is 0 Å². The van der Waals surface area contributed by atoms with Crippen LogP contribution in [0.3, 0.4) is 0 Å². The number of aliphatic imine (C=N–C) groups is 1. The fourth-order valence-corrected chi connectivity index (χ4v) is 4.84. The van der Waals surface area contributed by atoms with Gasteiger partial charge in [0.15, 0.2) is 0 Å². The monoisotopic (exact) mass is 492 g/mol. The summed E-state index contributed by atoms with van der Waals surface area (Å²) in [7, 11) is 1.74. The number of rotatable bonds is 5. The molecule has 0 saturated carbocycles. The van der Waals surface area contributed by atoms with Gasteiger partial charge in [-0.1, -0.05) is 30.3 Å². The molecule has 0 aliphatic carbocycles. The van der Waals surface area contributed by atoms with E-state index in [0.717, 1.165) is 63.2 Å². The lowest BCUT2D eigenvalue weighted by Crippen LogP contribution is -2.36. The van der Waals surface area contributed by atoms with E-state index in [-0.39, 0.29) is 5.56 Å². The molecule has 4 aromatic rings. The largest absolute Gasteiger partial charge is 0.472 e. The van der Waals surface area contributed by atoms with E-state index in [1.165, 1.54) is 0 Å². The molecule has 0 radical (unpaired) electrons. The van der Waals surface area contributed by atoms with Gasteiger partial charge in [0.05, 0.1) is 30.0 Å². The number of ether oxygens (including phenoxy) is 2. The third-order valence-corrected chi connectivity index (χ3v) is 6.93. The van der Waals surface area contributed by atoms with E-state index in [0.29, 0.717) is 25.7 Å². The number of morpholine rings is 1. The van der Waals surface area contributed by atoms with Gasteiger partial charge >= 0.3 is 0 Å². The van der Waals surface area contributed by atoms with E-state index in [2.05, 4.69) is 53.2 Å². The third kappa shape index (κ3) is 4.54. The number of benzene rings is 2. The van der Waals surface area contributed by atoms with Crippen LogP contribution in [0.1, 0.15) is 16.7 Å². The zero-order valence-electron chi connectivity index (χ0n) is 21.0. The Kier molecular flexibility index (Phi) is 6.06. The molecule has 0 atom stereocenters. The molecule has 7 heteroatoms. The maximum atomic E-state index is 11.8. The second-order valence-corrected chi connectivity index (χ2v) is 9.42. The molecule has 7 nitrogen and oxygen atoms in total. The van der Waals surface area contributed by atoms with Gasteiger partial charge in [-0.25, -0.2) is 9.98 Å². The number of fused-ring (bicyclic) bond motifs is 1.